The Morgan fingerprint density at radius 1 is 1.06 bits per heavy atom. The maximum absolute atomic E-state index is 14.9. The van der Waals surface area contributed by atoms with E-state index in [1.807, 2.05) is 4.90 Å². The third-order valence-corrected chi connectivity index (χ3v) is 6.65. The lowest BCUT2D eigenvalue weighted by molar-refractivity contribution is 0.102. The molecule has 6 rings (SSSR count). The molecule has 186 valence electrons. The molecule has 1 aliphatic heterocycles. The number of hydrogen-bond donors (Lipinski definition) is 2. The monoisotopic (exact) mass is 496 g/mol. The number of carbonyl (C=O) groups excluding carboxylic acids is 1. The summed E-state index contributed by atoms with van der Waals surface area (Å²) in [6.07, 6.45) is 6.89. The molecule has 3 aromatic heterocycles. The second-order valence-corrected chi connectivity index (χ2v) is 9.25. The van der Waals surface area contributed by atoms with E-state index >= 15 is 0 Å². The minimum absolute atomic E-state index is 0.0387. The molecule has 1 saturated heterocycles. The van der Waals surface area contributed by atoms with E-state index in [4.69, 9.17) is 0 Å². The largest absolute Gasteiger partial charge is 0.359 e. The molecule has 0 unspecified atom stereocenters. The van der Waals surface area contributed by atoms with E-state index in [1.165, 1.54) is 42.2 Å². The van der Waals surface area contributed by atoms with Crippen LogP contribution in [0, 0.1) is 23.4 Å². The fraction of sp³-hybridized carbons (Fsp3) is 0.333. The van der Waals surface area contributed by atoms with Crippen molar-refractivity contribution >= 4 is 28.3 Å². The molecule has 0 atom stereocenters. The standard InChI is InChI=1S/C24H23F3N8O/c25-17-8-16-20(9-18(17)26)28-11-21(16)30-24(36)22-13-35(32-31-22)15-7-19(27)23(29-10-15)34-5-3-33(4-6-34)12-14-1-2-14/h7-11,13-14,28H,1-6,12H2,(H,30,36). The maximum Gasteiger partial charge on any atom is 0.277 e. The lowest BCUT2D eigenvalue weighted by atomic mass is 10.2. The topological polar surface area (TPSA) is 95.0 Å². The molecule has 36 heavy (non-hydrogen) atoms. The number of aromatic nitrogens is 5. The normalized spacial score (nSPS) is 16.6. The van der Waals surface area contributed by atoms with Crippen molar-refractivity contribution < 1.29 is 18.0 Å². The van der Waals surface area contributed by atoms with Crippen LogP contribution in [0.25, 0.3) is 16.6 Å². The van der Waals surface area contributed by atoms with Gasteiger partial charge in [-0.3, -0.25) is 9.69 Å². The van der Waals surface area contributed by atoms with Gasteiger partial charge in [-0.1, -0.05) is 5.21 Å². The number of piperazine rings is 1. The molecule has 0 spiro atoms. The van der Waals surface area contributed by atoms with Gasteiger partial charge in [0, 0.05) is 56.4 Å². The molecule has 12 heteroatoms. The molecule has 2 fully saturated rings. The van der Waals surface area contributed by atoms with Crippen molar-refractivity contribution in [2.75, 3.05) is 42.9 Å². The zero-order chi connectivity index (χ0) is 24.8. The number of carbonyl (C=O) groups is 1. The van der Waals surface area contributed by atoms with Crippen molar-refractivity contribution in [3.05, 3.63) is 59.9 Å². The molecule has 0 bridgehead atoms. The van der Waals surface area contributed by atoms with E-state index in [0.29, 0.717) is 35.5 Å². The molecule has 0 radical (unpaired) electrons. The highest BCUT2D eigenvalue weighted by Crippen LogP contribution is 2.30. The van der Waals surface area contributed by atoms with Crippen molar-refractivity contribution in [2.45, 2.75) is 12.8 Å². The highest BCUT2D eigenvalue weighted by Gasteiger charge is 2.27. The van der Waals surface area contributed by atoms with Crippen LogP contribution in [0.3, 0.4) is 0 Å². The van der Waals surface area contributed by atoms with E-state index in [0.717, 1.165) is 37.7 Å². The molecule has 1 aliphatic carbocycles. The summed E-state index contributed by atoms with van der Waals surface area (Å²) in [6.45, 7) is 4.33. The number of benzene rings is 1. The van der Waals surface area contributed by atoms with Crippen LogP contribution in [-0.2, 0) is 0 Å². The summed E-state index contributed by atoms with van der Waals surface area (Å²) in [5.74, 6) is -1.98. The Morgan fingerprint density at radius 2 is 1.83 bits per heavy atom. The summed E-state index contributed by atoms with van der Waals surface area (Å²) < 4.78 is 43.3. The van der Waals surface area contributed by atoms with Crippen molar-refractivity contribution in [3.63, 3.8) is 0 Å². The first kappa shape index (κ1) is 22.5. The van der Waals surface area contributed by atoms with Gasteiger partial charge in [-0.15, -0.1) is 5.10 Å². The predicted molar refractivity (Wildman–Crippen MR) is 127 cm³/mol. The number of aromatic amines is 1. The van der Waals surface area contributed by atoms with E-state index < -0.39 is 23.4 Å². The Hall–Kier alpha value is -3.93. The quantitative estimate of drug-likeness (QED) is 0.425. The zero-order valence-corrected chi connectivity index (χ0v) is 19.2. The zero-order valence-electron chi connectivity index (χ0n) is 19.2. The van der Waals surface area contributed by atoms with Gasteiger partial charge < -0.3 is 15.2 Å². The Morgan fingerprint density at radius 3 is 2.58 bits per heavy atom. The van der Waals surface area contributed by atoms with E-state index in [-0.39, 0.29) is 11.4 Å². The average Bonchev–Trinajstić information content (AvgIpc) is 3.40. The molecule has 2 aliphatic rings. The van der Waals surface area contributed by atoms with Gasteiger partial charge in [0.05, 0.1) is 29.3 Å². The van der Waals surface area contributed by atoms with Gasteiger partial charge in [-0.25, -0.2) is 22.8 Å². The number of nitrogens with zero attached hydrogens (tertiary/aromatic N) is 6. The first-order valence-corrected chi connectivity index (χ1v) is 11.8. The third-order valence-electron chi connectivity index (χ3n) is 6.65. The summed E-state index contributed by atoms with van der Waals surface area (Å²) in [7, 11) is 0. The van der Waals surface area contributed by atoms with Crippen molar-refractivity contribution in [2.24, 2.45) is 5.92 Å². The summed E-state index contributed by atoms with van der Waals surface area (Å²) >= 11 is 0. The molecule has 1 saturated carbocycles. The van der Waals surface area contributed by atoms with E-state index in [1.54, 1.807) is 0 Å². The smallest absolute Gasteiger partial charge is 0.277 e. The van der Waals surface area contributed by atoms with Gasteiger partial charge >= 0.3 is 0 Å². The molecular formula is C24H23F3N8O. The van der Waals surface area contributed by atoms with Gasteiger partial charge in [-0.2, -0.15) is 0 Å². The van der Waals surface area contributed by atoms with Gasteiger partial charge in [0.15, 0.2) is 29.0 Å². The fourth-order valence-corrected chi connectivity index (χ4v) is 4.49. The maximum atomic E-state index is 14.9. The first-order valence-electron chi connectivity index (χ1n) is 11.8. The summed E-state index contributed by atoms with van der Waals surface area (Å²) in [6, 6.07) is 3.32. The molecule has 2 N–H and O–H groups in total. The number of hydrogen-bond acceptors (Lipinski definition) is 6. The molecular weight excluding hydrogens is 473 g/mol. The third kappa shape index (κ3) is 4.39. The van der Waals surface area contributed by atoms with Crippen LogP contribution >= 0.6 is 0 Å². The summed E-state index contributed by atoms with van der Waals surface area (Å²) in [5, 5.41) is 10.7. The van der Waals surface area contributed by atoms with Gasteiger partial charge in [0.2, 0.25) is 0 Å². The highest BCUT2D eigenvalue weighted by atomic mass is 19.2. The lowest BCUT2D eigenvalue weighted by Gasteiger charge is -2.35. The van der Waals surface area contributed by atoms with Crippen LogP contribution in [0.4, 0.5) is 24.7 Å². The lowest BCUT2D eigenvalue weighted by Crippen LogP contribution is -2.47. The molecule has 1 amide bonds. The highest BCUT2D eigenvalue weighted by molar-refractivity contribution is 6.07. The van der Waals surface area contributed by atoms with Crippen LogP contribution in [0.5, 0.6) is 0 Å². The van der Waals surface area contributed by atoms with Gasteiger partial charge in [0.25, 0.3) is 5.91 Å². The van der Waals surface area contributed by atoms with Crippen LogP contribution in [0.15, 0.2) is 36.8 Å². The first-order chi connectivity index (χ1) is 17.4. The second kappa shape index (κ2) is 8.94. The minimum atomic E-state index is -1.03. The Kier molecular flexibility index (Phi) is 5.59. The Bertz CT molecular complexity index is 1440. The summed E-state index contributed by atoms with van der Waals surface area (Å²) in [4.78, 5) is 24.1. The number of halogens is 3. The molecule has 9 nitrogen and oxygen atoms in total. The van der Waals surface area contributed by atoms with Gasteiger partial charge in [-0.05, 0) is 24.8 Å². The predicted octanol–water partition coefficient (Wildman–Crippen LogP) is 3.35. The van der Waals surface area contributed by atoms with Gasteiger partial charge in [0.1, 0.15) is 0 Å². The number of anilines is 2. The number of fused-ring (bicyclic) bond motifs is 1. The van der Waals surface area contributed by atoms with Crippen LogP contribution in [-0.4, -0.2) is 68.5 Å². The number of rotatable bonds is 6. The van der Waals surface area contributed by atoms with E-state index in [9.17, 15) is 18.0 Å². The second-order valence-electron chi connectivity index (χ2n) is 9.25. The molecule has 4 aromatic rings. The number of H-pyrrole nitrogens is 1. The SMILES string of the molecule is O=C(Nc1c[nH]c2cc(F)c(F)cc12)c1cn(-c2cnc(N3CCN(CC4CC4)CC3)c(F)c2)nn1. The number of nitrogens with one attached hydrogen (secondary N) is 2. The Labute approximate surface area is 203 Å². The van der Waals surface area contributed by atoms with Crippen molar-refractivity contribution in [1.82, 2.24) is 29.9 Å². The van der Waals surface area contributed by atoms with Crippen molar-refractivity contribution in [3.8, 4) is 5.69 Å². The fourth-order valence-electron chi connectivity index (χ4n) is 4.49. The number of amides is 1. The van der Waals surface area contributed by atoms with Crippen LogP contribution in [0.1, 0.15) is 23.3 Å². The average molecular weight is 496 g/mol. The summed E-state index contributed by atoms with van der Waals surface area (Å²) in [5.41, 5.74) is 0.875. The van der Waals surface area contributed by atoms with Crippen molar-refractivity contribution in [1.29, 1.82) is 0 Å². The molecule has 4 heterocycles. The van der Waals surface area contributed by atoms with Crippen LogP contribution in [0.2, 0.25) is 0 Å². The van der Waals surface area contributed by atoms with Crippen LogP contribution < -0.4 is 10.2 Å². The Balaban J connectivity index is 1.14. The van der Waals surface area contributed by atoms with E-state index in [2.05, 4.69) is 30.5 Å². The minimum Gasteiger partial charge on any atom is -0.359 e. The molecule has 1 aromatic carbocycles. The number of pyridine rings is 1.